The molecule has 0 atom stereocenters. The van der Waals surface area contributed by atoms with Crippen molar-refractivity contribution < 1.29 is 0 Å². The van der Waals surface area contributed by atoms with Crippen LogP contribution in [0.4, 0.5) is 5.95 Å². The number of anilines is 1. The van der Waals surface area contributed by atoms with Crippen LogP contribution in [0.5, 0.6) is 0 Å². The third-order valence-corrected chi connectivity index (χ3v) is 5.53. The third kappa shape index (κ3) is 5.28. The first-order valence-corrected chi connectivity index (χ1v) is 10.8. The van der Waals surface area contributed by atoms with Crippen LogP contribution in [-0.2, 0) is 6.42 Å². The highest BCUT2D eigenvalue weighted by molar-refractivity contribution is 5.81. The van der Waals surface area contributed by atoms with Gasteiger partial charge >= 0.3 is 0 Å². The van der Waals surface area contributed by atoms with Gasteiger partial charge in [0.15, 0.2) is 0 Å². The van der Waals surface area contributed by atoms with Gasteiger partial charge in [-0.25, -0.2) is 9.97 Å². The fourth-order valence-electron chi connectivity index (χ4n) is 3.86. The van der Waals surface area contributed by atoms with Crippen molar-refractivity contribution in [1.29, 1.82) is 5.26 Å². The lowest BCUT2D eigenvalue weighted by Crippen LogP contribution is -2.29. The molecule has 2 aromatic heterocycles. The molecule has 1 saturated carbocycles. The first-order chi connectivity index (χ1) is 15.2. The second-order valence-electron chi connectivity index (χ2n) is 7.85. The van der Waals surface area contributed by atoms with Crippen LogP contribution in [0.3, 0.4) is 0 Å². The molecule has 7 heteroatoms. The molecular weight excluding hydrogens is 386 g/mol. The Kier molecular flexibility index (Phi) is 6.58. The molecule has 2 aliphatic rings. The summed E-state index contributed by atoms with van der Waals surface area (Å²) in [5.41, 5.74) is 3.93. The van der Waals surface area contributed by atoms with Crippen LogP contribution in [0.25, 0.3) is 5.57 Å². The minimum absolute atomic E-state index is 0.417. The SMILES string of the molecule is Cc1cnc(NC2CCCC2)nc1/C(C#N)=C1\C=CC=C(NCCc2cccnc2)N1. The summed E-state index contributed by atoms with van der Waals surface area (Å²) < 4.78 is 0. The van der Waals surface area contributed by atoms with E-state index >= 15 is 0 Å². The highest BCUT2D eigenvalue weighted by Gasteiger charge is 2.19. The van der Waals surface area contributed by atoms with Crippen molar-refractivity contribution in [3.8, 4) is 6.07 Å². The van der Waals surface area contributed by atoms with Crippen molar-refractivity contribution in [3.05, 3.63) is 77.3 Å². The predicted molar refractivity (Wildman–Crippen MR) is 121 cm³/mol. The molecule has 2 aromatic rings. The molecule has 158 valence electrons. The lowest BCUT2D eigenvalue weighted by atomic mass is 10.1. The van der Waals surface area contributed by atoms with Gasteiger partial charge in [0.2, 0.25) is 5.95 Å². The zero-order valence-electron chi connectivity index (χ0n) is 17.7. The van der Waals surface area contributed by atoms with Crippen molar-refractivity contribution in [2.45, 2.75) is 45.1 Å². The standard InChI is InChI=1S/C24H27N7/c1-17-15-28-24(29-19-7-2-3-8-19)31-23(17)20(14-25)21-9-4-10-22(30-21)27-13-11-18-6-5-12-26-16-18/h4-6,9-10,12,15-16,19,27,30H,2-3,7-8,11,13H2,1H3,(H,28,29,31)/b21-20+. The average Bonchev–Trinajstić information content (AvgIpc) is 3.31. The van der Waals surface area contributed by atoms with E-state index in [-0.39, 0.29) is 0 Å². The number of hydrogen-bond acceptors (Lipinski definition) is 7. The smallest absolute Gasteiger partial charge is 0.223 e. The number of hydrogen-bond donors (Lipinski definition) is 3. The zero-order valence-corrected chi connectivity index (χ0v) is 17.7. The first-order valence-electron chi connectivity index (χ1n) is 10.8. The molecule has 3 N–H and O–H groups in total. The van der Waals surface area contributed by atoms with Gasteiger partial charge in [0.05, 0.1) is 11.4 Å². The number of rotatable bonds is 7. The normalized spacial score (nSPS) is 17.5. The molecule has 0 aromatic carbocycles. The Morgan fingerprint density at radius 3 is 2.94 bits per heavy atom. The number of allylic oxidation sites excluding steroid dienone is 4. The number of dihydropyridines is 1. The molecule has 7 nitrogen and oxygen atoms in total. The van der Waals surface area contributed by atoms with E-state index in [0.29, 0.717) is 23.3 Å². The van der Waals surface area contributed by atoms with Gasteiger partial charge in [-0.1, -0.05) is 25.0 Å². The van der Waals surface area contributed by atoms with Crippen LogP contribution in [0, 0.1) is 18.3 Å². The van der Waals surface area contributed by atoms with Crippen molar-refractivity contribution in [2.24, 2.45) is 0 Å². The van der Waals surface area contributed by atoms with Crippen LogP contribution >= 0.6 is 0 Å². The minimum atomic E-state index is 0.417. The number of aromatic nitrogens is 3. The van der Waals surface area contributed by atoms with Gasteiger partial charge in [0, 0.05) is 31.2 Å². The van der Waals surface area contributed by atoms with Crippen molar-refractivity contribution in [1.82, 2.24) is 25.6 Å². The molecule has 0 unspecified atom stereocenters. The maximum absolute atomic E-state index is 9.93. The lowest BCUT2D eigenvalue weighted by Gasteiger charge is -2.19. The van der Waals surface area contributed by atoms with E-state index in [2.05, 4.69) is 43.0 Å². The van der Waals surface area contributed by atoms with E-state index in [9.17, 15) is 5.26 Å². The molecule has 3 heterocycles. The largest absolute Gasteiger partial charge is 0.371 e. The van der Waals surface area contributed by atoms with Gasteiger partial charge in [-0.3, -0.25) is 4.98 Å². The topological polar surface area (TPSA) is 98.5 Å². The summed E-state index contributed by atoms with van der Waals surface area (Å²) in [6, 6.07) is 6.76. The van der Waals surface area contributed by atoms with E-state index in [4.69, 9.17) is 0 Å². The molecule has 0 bridgehead atoms. The Bertz CT molecular complexity index is 1040. The second-order valence-corrected chi connectivity index (χ2v) is 7.85. The fourth-order valence-corrected chi connectivity index (χ4v) is 3.86. The Labute approximate surface area is 183 Å². The zero-order chi connectivity index (χ0) is 21.5. The van der Waals surface area contributed by atoms with Crippen molar-refractivity contribution in [3.63, 3.8) is 0 Å². The Balaban J connectivity index is 1.47. The maximum atomic E-state index is 9.93. The van der Waals surface area contributed by atoms with Crippen LogP contribution in [0.2, 0.25) is 0 Å². The Morgan fingerprint density at radius 1 is 1.29 bits per heavy atom. The molecule has 1 fully saturated rings. The van der Waals surface area contributed by atoms with Gasteiger partial charge in [-0.15, -0.1) is 0 Å². The summed E-state index contributed by atoms with van der Waals surface area (Å²) >= 11 is 0. The lowest BCUT2D eigenvalue weighted by molar-refractivity contribution is 0.729. The highest BCUT2D eigenvalue weighted by atomic mass is 15.1. The summed E-state index contributed by atoms with van der Waals surface area (Å²) in [5, 5.41) is 20.1. The van der Waals surface area contributed by atoms with Gasteiger partial charge in [-0.05, 0) is 55.5 Å². The number of nitrogens with one attached hydrogen (secondary N) is 3. The molecule has 0 amide bonds. The molecular formula is C24H27N7. The number of nitriles is 1. The molecule has 1 aliphatic carbocycles. The molecule has 0 spiro atoms. The predicted octanol–water partition coefficient (Wildman–Crippen LogP) is 3.60. The van der Waals surface area contributed by atoms with E-state index in [0.717, 1.165) is 42.9 Å². The number of nitrogens with zero attached hydrogens (tertiary/aromatic N) is 4. The molecule has 0 saturated heterocycles. The Morgan fingerprint density at radius 2 is 2.16 bits per heavy atom. The molecule has 1 aliphatic heterocycles. The highest BCUT2D eigenvalue weighted by Crippen LogP contribution is 2.24. The minimum Gasteiger partial charge on any atom is -0.371 e. The third-order valence-electron chi connectivity index (χ3n) is 5.53. The summed E-state index contributed by atoms with van der Waals surface area (Å²) in [6.07, 6.45) is 16.8. The fraction of sp³-hybridized carbons (Fsp3) is 0.333. The van der Waals surface area contributed by atoms with Crippen LogP contribution in [-0.4, -0.2) is 27.5 Å². The molecule has 0 radical (unpaired) electrons. The van der Waals surface area contributed by atoms with Crippen molar-refractivity contribution in [2.75, 3.05) is 11.9 Å². The van der Waals surface area contributed by atoms with E-state index < -0.39 is 0 Å². The van der Waals surface area contributed by atoms with Crippen LogP contribution < -0.4 is 16.0 Å². The monoisotopic (exact) mass is 413 g/mol. The summed E-state index contributed by atoms with van der Waals surface area (Å²) in [5.74, 6) is 1.44. The van der Waals surface area contributed by atoms with Gasteiger partial charge in [0.1, 0.15) is 17.5 Å². The van der Waals surface area contributed by atoms with Crippen LogP contribution in [0.15, 0.2) is 60.5 Å². The summed E-state index contributed by atoms with van der Waals surface area (Å²) in [6.45, 7) is 2.69. The summed E-state index contributed by atoms with van der Waals surface area (Å²) in [4.78, 5) is 13.3. The molecule has 31 heavy (non-hydrogen) atoms. The van der Waals surface area contributed by atoms with Gasteiger partial charge < -0.3 is 16.0 Å². The average molecular weight is 414 g/mol. The van der Waals surface area contributed by atoms with Gasteiger partial charge in [-0.2, -0.15) is 5.26 Å². The Hall–Kier alpha value is -3.66. The van der Waals surface area contributed by atoms with E-state index in [1.54, 1.807) is 12.4 Å². The maximum Gasteiger partial charge on any atom is 0.223 e. The first kappa shape index (κ1) is 20.6. The quantitative estimate of drug-likeness (QED) is 0.597. The second kappa shape index (κ2) is 9.90. The van der Waals surface area contributed by atoms with Crippen LogP contribution in [0.1, 0.15) is 42.5 Å². The van der Waals surface area contributed by atoms with E-state index in [1.165, 1.54) is 18.4 Å². The molecule has 4 rings (SSSR count). The number of pyridine rings is 1. The van der Waals surface area contributed by atoms with E-state index in [1.807, 2.05) is 37.4 Å². The summed E-state index contributed by atoms with van der Waals surface area (Å²) in [7, 11) is 0. The van der Waals surface area contributed by atoms with Gasteiger partial charge in [0.25, 0.3) is 0 Å². The number of aryl methyl sites for hydroxylation is 1. The van der Waals surface area contributed by atoms with Crippen molar-refractivity contribution >= 4 is 11.5 Å².